The molecule has 0 unspecified atom stereocenters. The van der Waals surface area contributed by atoms with E-state index in [9.17, 15) is 0 Å². The standard InChI is InChI=1S/C17H15NS/c1-17(16-18-12-13-19-16,14-8-4-2-5-9-14)15-10-6-3-7-11-15/h2-13H,1H3. The van der Waals surface area contributed by atoms with E-state index in [4.69, 9.17) is 0 Å². The van der Waals surface area contributed by atoms with Crippen LogP contribution in [0.15, 0.2) is 72.2 Å². The van der Waals surface area contributed by atoms with Gasteiger partial charge in [0.2, 0.25) is 0 Å². The number of hydrogen-bond acceptors (Lipinski definition) is 2. The van der Waals surface area contributed by atoms with Gasteiger partial charge in [-0.3, -0.25) is 0 Å². The van der Waals surface area contributed by atoms with Crippen molar-refractivity contribution in [2.24, 2.45) is 0 Å². The number of aromatic nitrogens is 1. The average Bonchev–Trinajstić information content (AvgIpc) is 3.03. The Morgan fingerprint density at radius 3 is 1.79 bits per heavy atom. The van der Waals surface area contributed by atoms with Gasteiger partial charge in [0.05, 0.1) is 5.41 Å². The summed E-state index contributed by atoms with van der Waals surface area (Å²) in [4.78, 5) is 4.56. The van der Waals surface area contributed by atoms with Gasteiger partial charge >= 0.3 is 0 Å². The van der Waals surface area contributed by atoms with Crippen molar-refractivity contribution in [2.45, 2.75) is 12.3 Å². The van der Waals surface area contributed by atoms with E-state index in [1.54, 1.807) is 11.3 Å². The van der Waals surface area contributed by atoms with Crippen molar-refractivity contribution in [3.05, 3.63) is 88.4 Å². The number of nitrogens with zero attached hydrogens (tertiary/aromatic N) is 1. The number of rotatable bonds is 3. The largest absolute Gasteiger partial charge is 0.248 e. The molecule has 3 aromatic rings. The second-order valence-electron chi connectivity index (χ2n) is 4.69. The Morgan fingerprint density at radius 1 is 0.842 bits per heavy atom. The van der Waals surface area contributed by atoms with Crippen LogP contribution in [-0.2, 0) is 5.41 Å². The van der Waals surface area contributed by atoms with Gasteiger partial charge in [-0.05, 0) is 18.1 Å². The van der Waals surface area contributed by atoms with Crippen molar-refractivity contribution >= 4 is 11.3 Å². The topological polar surface area (TPSA) is 12.9 Å². The number of thiazole rings is 1. The van der Waals surface area contributed by atoms with E-state index in [0.29, 0.717) is 0 Å². The minimum Gasteiger partial charge on any atom is -0.248 e. The maximum Gasteiger partial charge on any atom is 0.107 e. The van der Waals surface area contributed by atoms with Gasteiger partial charge in [0, 0.05) is 11.6 Å². The summed E-state index contributed by atoms with van der Waals surface area (Å²) < 4.78 is 0. The van der Waals surface area contributed by atoms with Crippen LogP contribution in [0, 0.1) is 0 Å². The summed E-state index contributed by atoms with van der Waals surface area (Å²) in [6.07, 6.45) is 1.88. The molecule has 0 amide bonds. The van der Waals surface area contributed by atoms with Gasteiger partial charge in [0.1, 0.15) is 5.01 Å². The third-order valence-electron chi connectivity index (χ3n) is 3.56. The van der Waals surface area contributed by atoms with Crippen molar-refractivity contribution in [3.63, 3.8) is 0 Å². The van der Waals surface area contributed by atoms with Gasteiger partial charge in [-0.15, -0.1) is 11.3 Å². The molecule has 0 radical (unpaired) electrons. The Labute approximate surface area is 117 Å². The van der Waals surface area contributed by atoms with Crippen molar-refractivity contribution < 1.29 is 0 Å². The molecule has 0 bridgehead atoms. The highest BCUT2D eigenvalue weighted by Gasteiger charge is 2.33. The van der Waals surface area contributed by atoms with Crippen molar-refractivity contribution in [1.29, 1.82) is 0 Å². The van der Waals surface area contributed by atoms with Crippen molar-refractivity contribution in [1.82, 2.24) is 4.98 Å². The zero-order valence-corrected chi connectivity index (χ0v) is 11.6. The van der Waals surface area contributed by atoms with E-state index < -0.39 is 0 Å². The van der Waals surface area contributed by atoms with Crippen LogP contribution in [0.5, 0.6) is 0 Å². The van der Waals surface area contributed by atoms with E-state index >= 15 is 0 Å². The van der Waals surface area contributed by atoms with Crippen molar-refractivity contribution in [2.75, 3.05) is 0 Å². The molecule has 19 heavy (non-hydrogen) atoms. The van der Waals surface area contributed by atoms with E-state index in [-0.39, 0.29) is 5.41 Å². The number of hydrogen-bond donors (Lipinski definition) is 0. The normalized spacial score (nSPS) is 11.4. The molecule has 3 rings (SSSR count). The predicted octanol–water partition coefficient (Wildman–Crippen LogP) is 4.50. The first-order valence-electron chi connectivity index (χ1n) is 6.33. The molecule has 2 heteroatoms. The zero-order chi connectivity index (χ0) is 13.1. The minimum absolute atomic E-state index is 0.184. The van der Waals surface area contributed by atoms with Gasteiger partial charge < -0.3 is 0 Å². The molecule has 1 nitrogen and oxygen atoms in total. The summed E-state index contributed by atoms with van der Waals surface area (Å²) in [6, 6.07) is 21.2. The summed E-state index contributed by atoms with van der Waals surface area (Å²) in [5, 5.41) is 3.17. The Balaban J connectivity index is 2.23. The maximum absolute atomic E-state index is 4.56. The second kappa shape index (κ2) is 4.98. The van der Waals surface area contributed by atoms with Crippen LogP contribution >= 0.6 is 11.3 Å². The molecule has 0 spiro atoms. The molecule has 0 saturated carbocycles. The summed E-state index contributed by atoms with van der Waals surface area (Å²) in [5.74, 6) is 0. The van der Waals surface area contributed by atoms with Gasteiger partial charge in [-0.1, -0.05) is 60.7 Å². The Morgan fingerprint density at radius 2 is 1.37 bits per heavy atom. The van der Waals surface area contributed by atoms with Crippen molar-refractivity contribution in [3.8, 4) is 0 Å². The lowest BCUT2D eigenvalue weighted by atomic mass is 9.77. The first-order valence-corrected chi connectivity index (χ1v) is 7.21. The highest BCUT2D eigenvalue weighted by atomic mass is 32.1. The third kappa shape index (κ3) is 2.08. The fourth-order valence-corrected chi connectivity index (χ4v) is 3.27. The Hall–Kier alpha value is -1.93. The lowest BCUT2D eigenvalue weighted by molar-refractivity contribution is 0.685. The molecule has 1 heterocycles. The number of benzene rings is 2. The first-order chi connectivity index (χ1) is 9.32. The predicted molar refractivity (Wildman–Crippen MR) is 80.6 cm³/mol. The summed E-state index contributed by atoms with van der Waals surface area (Å²) >= 11 is 1.71. The lowest BCUT2D eigenvalue weighted by Gasteiger charge is -2.28. The molecular formula is C17H15NS. The average molecular weight is 265 g/mol. The van der Waals surface area contributed by atoms with Crippen LogP contribution in [0.2, 0.25) is 0 Å². The van der Waals surface area contributed by atoms with Crippen LogP contribution in [0.3, 0.4) is 0 Å². The maximum atomic E-state index is 4.56. The Bertz CT molecular complexity index is 590. The molecule has 94 valence electrons. The van der Waals surface area contributed by atoms with E-state index in [2.05, 4.69) is 72.6 Å². The summed E-state index contributed by atoms with van der Waals surface area (Å²) in [7, 11) is 0. The quantitative estimate of drug-likeness (QED) is 0.679. The van der Waals surface area contributed by atoms with Crippen LogP contribution < -0.4 is 0 Å². The fourth-order valence-electron chi connectivity index (χ4n) is 2.43. The van der Waals surface area contributed by atoms with Gasteiger partial charge in [-0.25, -0.2) is 4.98 Å². The molecule has 0 aliphatic carbocycles. The fraction of sp³-hybridized carbons (Fsp3) is 0.118. The van der Waals surface area contributed by atoms with Crippen LogP contribution in [0.1, 0.15) is 23.1 Å². The highest BCUT2D eigenvalue weighted by molar-refractivity contribution is 7.09. The first kappa shape index (κ1) is 12.1. The smallest absolute Gasteiger partial charge is 0.107 e. The molecule has 1 aromatic heterocycles. The third-order valence-corrected chi connectivity index (χ3v) is 4.56. The van der Waals surface area contributed by atoms with Gasteiger partial charge in [-0.2, -0.15) is 0 Å². The monoisotopic (exact) mass is 265 g/mol. The lowest BCUT2D eigenvalue weighted by Crippen LogP contribution is -2.24. The molecule has 0 saturated heterocycles. The summed E-state index contributed by atoms with van der Waals surface area (Å²) in [6.45, 7) is 2.25. The molecule has 0 N–H and O–H groups in total. The molecule has 0 aliphatic heterocycles. The Kier molecular flexibility index (Phi) is 3.18. The van der Waals surface area contributed by atoms with Crippen LogP contribution in [-0.4, -0.2) is 4.98 Å². The SMILES string of the molecule is CC(c1ccccc1)(c1ccccc1)c1nccs1. The minimum atomic E-state index is -0.184. The van der Waals surface area contributed by atoms with Crippen LogP contribution in [0.25, 0.3) is 0 Å². The highest BCUT2D eigenvalue weighted by Crippen LogP contribution is 2.39. The van der Waals surface area contributed by atoms with Gasteiger partial charge in [0.15, 0.2) is 0 Å². The zero-order valence-electron chi connectivity index (χ0n) is 10.8. The van der Waals surface area contributed by atoms with Crippen LogP contribution in [0.4, 0.5) is 0 Å². The molecular weight excluding hydrogens is 250 g/mol. The second-order valence-corrected chi connectivity index (χ2v) is 5.59. The van der Waals surface area contributed by atoms with E-state index in [0.717, 1.165) is 5.01 Å². The molecule has 0 aliphatic rings. The van der Waals surface area contributed by atoms with E-state index in [1.807, 2.05) is 11.6 Å². The van der Waals surface area contributed by atoms with E-state index in [1.165, 1.54) is 11.1 Å². The summed E-state index contributed by atoms with van der Waals surface area (Å²) in [5.41, 5.74) is 2.36. The molecule has 0 atom stereocenters. The molecule has 0 fully saturated rings. The van der Waals surface area contributed by atoms with Gasteiger partial charge in [0.25, 0.3) is 0 Å². The molecule has 2 aromatic carbocycles.